The van der Waals surface area contributed by atoms with Gasteiger partial charge in [0.05, 0.1) is 12.5 Å². The van der Waals surface area contributed by atoms with E-state index in [1.807, 2.05) is 4.90 Å². The van der Waals surface area contributed by atoms with Crippen LogP contribution in [-0.4, -0.2) is 46.8 Å². The zero-order chi connectivity index (χ0) is 14.7. The van der Waals surface area contributed by atoms with Crippen molar-refractivity contribution in [3.8, 4) is 0 Å². The van der Waals surface area contributed by atoms with Crippen LogP contribution >= 0.6 is 11.8 Å². The van der Waals surface area contributed by atoms with Gasteiger partial charge in [-0.2, -0.15) is 0 Å². The lowest BCUT2D eigenvalue weighted by Gasteiger charge is -2.27. The number of hydrogen-bond donors (Lipinski definition) is 1. The number of likely N-dealkylation sites (tertiary alicyclic amines) is 1. The summed E-state index contributed by atoms with van der Waals surface area (Å²) < 4.78 is 0. The minimum Gasteiger partial charge on any atom is -0.339 e. The van der Waals surface area contributed by atoms with E-state index in [0.29, 0.717) is 19.0 Å². The summed E-state index contributed by atoms with van der Waals surface area (Å²) in [7, 11) is 0. The van der Waals surface area contributed by atoms with Crippen molar-refractivity contribution < 1.29 is 9.59 Å². The fourth-order valence-electron chi connectivity index (χ4n) is 3.45. The van der Waals surface area contributed by atoms with Gasteiger partial charge in [-0.3, -0.25) is 14.6 Å². The van der Waals surface area contributed by atoms with Gasteiger partial charge in [-0.25, -0.2) is 0 Å². The number of carbonyl (C=O) groups excluding carboxylic acids is 2. The number of nitrogens with zero attached hydrogens (tertiary/aromatic N) is 2. The molecule has 1 atom stereocenters. The Balaban J connectivity index is 1.57. The summed E-state index contributed by atoms with van der Waals surface area (Å²) in [5.74, 6) is 0.855. The second-order valence-electron chi connectivity index (χ2n) is 6.12. The number of nitrogens with one attached hydrogen (secondary N) is 1. The SMILES string of the molecule is O=C(NC1=NCCS1)[C@H]1CC(=O)N(C2CCCCCC2)C1. The number of amidine groups is 1. The Hall–Kier alpha value is -1.04. The van der Waals surface area contributed by atoms with Crippen LogP contribution in [0.2, 0.25) is 0 Å². The van der Waals surface area contributed by atoms with Gasteiger partial charge < -0.3 is 10.2 Å². The van der Waals surface area contributed by atoms with Crippen molar-refractivity contribution in [2.45, 2.75) is 51.0 Å². The van der Waals surface area contributed by atoms with Crippen molar-refractivity contribution in [3.63, 3.8) is 0 Å². The topological polar surface area (TPSA) is 61.8 Å². The molecule has 0 spiro atoms. The second kappa shape index (κ2) is 6.81. The highest BCUT2D eigenvalue weighted by molar-refractivity contribution is 8.14. The average molecular weight is 309 g/mol. The smallest absolute Gasteiger partial charge is 0.231 e. The highest BCUT2D eigenvalue weighted by Gasteiger charge is 2.38. The highest BCUT2D eigenvalue weighted by atomic mass is 32.2. The first-order chi connectivity index (χ1) is 10.2. The molecule has 1 aliphatic carbocycles. The van der Waals surface area contributed by atoms with Gasteiger partial charge in [0.2, 0.25) is 11.8 Å². The molecule has 5 nitrogen and oxygen atoms in total. The van der Waals surface area contributed by atoms with E-state index in [1.165, 1.54) is 25.7 Å². The molecule has 3 aliphatic rings. The van der Waals surface area contributed by atoms with Gasteiger partial charge in [0.25, 0.3) is 0 Å². The predicted octanol–water partition coefficient (Wildman–Crippen LogP) is 1.78. The first-order valence-electron chi connectivity index (χ1n) is 8.01. The van der Waals surface area contributed by atoms with Crippen LogP contribution in [-0.2, 0) is 9.59 Å². The standard InChI is InChI=1S/C15H23N3O2S/c19-13-9-11(14(20)17-15-16-7-8-21-15)10-18(13)12-5-3-1-2-4-6-12/h11-12H,1-10H2,(H,16,17,20)/t11-/m0/s1. The molecule has 0 bridgehead atoms. The van der Waals surface area contributed by atoms with Crippen LogP contribution in [0.15, 0.2) is 4.99 Å². The number of rotatable bonds is 2. The molecule has 1 saturated carbocycles. The van der Waals surface area contributed by atoms with Crippen molar-refractivity contribution >= 4 is 28.7 Å². The maximum atomic E-state index is 12.3. The quantitative estimate of drug-likeness (QED) is 0.791. The molecule has 116 valence electrons. The van der Waals surface area contributed by atoms with Gasteiger partial charge in [0.15, 0.2) is 5.17 Å². The zero-order valence-electron chi connectivity index (χ0n) is 12.3. The Labute approximate surface area is 129 Å². The molecule has 0 aromatic carbocycles. The third kappa shape index (κ3) is 3.59. The number of aliphatic imine (C=N–C) groups is 1. The van der Waals surface area contributed by atoms with Gasteiger partial charge in [-0.15, -0.1) is 0 Å². The first kappa shape index (κ1) is 14.9. The summed E-state index contributed by atoms with van der Waals surface area (Å²) in [4.78, 5) is 30.7. The van der Waals surface area contributed by atoms with Gasteiger partial charge in [-0.1, -0.05) is 37.4 Å². The van der Waals surface area contributed by atoms with E-state index >= 15 is 0 Å². The Kier molecular flexibility index (Phi) is 4.83. The van der Waals surface area contributed by atoms with Crippen LogP contribution in [0.1, 0.15) is 44.9 Å². The summed E-state index contributed by atoms with van der Waals surface area (Å²) in [6.45, 7) is 1.37. The maximum absolute atomic E-state index is 12.3. The zero-order valence-corrected chi connectivity index (χ0v) is 13.2. The summed E-state index contributed by atoms with van der Waals surface area (Å²) in [6.07, 6.45) is 7.53. The Morgan fingerprint density at radius 3 is 2.67 bits per heavy atom. The summed E-state index contributed by atoms with van der Waals surface area (Å²) >= 11 is 1.58. The van der Waals surface area contributed by atoms with Crippen LogP contribution < -0.4 is 5.32 Å². The van der Waals surface area contributed by atoms with Gasteiger partial charge >= 0.3 is 0 Å². The van der Waals surface area contributed by atoms with Crippen LogP contribution in [0.4, 0.5) is 0 Å². The summed E-state index contributed by atoms with van der Waals surface area (Å²) in [5.41, 5.74) is 0. The van der Waals surface area contributed by atoms with E-state index in [0.717, 1.165) is 30.3 Å². The molecule has 1 N–H and O–H groups in total. The number of amides is 2. The molecule has 1 saturated heterocycles. The fraction of sp³-hybridized carbons (Fsp3) is 0.800. The monoisotopic (exact) mass is 309 g/mol. The Morgan fingerprint density at radius 2 is 2.00 bits per heavy atom. The van der Waals surface area contributed by atoms with Crippen LogP contribution in [0.25, 0.3) is 0 Å². The van der Waals surface area contributed by atoms with E-state index in [-0.39, 0.29) is 17.7 Å². The van der Waals surface area contributed by atoms with Crippen molar-refractivity contribution in [1.82, 2.24) is 10.2 Å². The third-order valence-corrected chi connectivity index (χ3v) is 5.50. The van der Waals surface area contributed by atoms with Crippen molar-refractivity contribution in [2.75, 3.05) is 18.8 Å². The molecule has 0 aromatic rings. The summed E-state index contributed by atoms with van der Waals surface area (Å²) in [6, 6.07) is 0.357. The van der Waals surface area contributed by atoms with Crippen LogP contribution in [0, 0.1) is 5.92 Å². The van der Waals surface area contributed by atoms with E-state index in [1.54, 1.807) is 11.8 Å². The molecule has 0 radical (unpaired) electrons. The van der Waals surface area contributed by atoms with E-state index in [2.05, 4.69) is 10.3 Å². The highest BCUT2D eigenvalue weighted by Crippen LogP contribution is 2.28. The molecule has 2 heterocycles. The van der Waals surface area contributed by atoms with Gasteiger partial charge in [0, 0.05) is 24.8 Å². The molecule has 21 heavy (non-hydrogen) atoms. The number of carbonyl (C=O) groups is 2. The Morgan fingerprint density at radius 1 is 1.24 bits per heavy atom. The molecular formula is C15H23N3O2S. The van der Waals surface area contributed by atoms with E-state index < -0.39 is 0 Å². The van der Waals surface area contributed by atoms with Gasteiger partial charge in [0.1, 0.15) is 0 Å². The van der Waals surface area contributed by atoms with Crippen molar-refractivity contribution in [1.29, 1.82) is 0 Å². The number of hydrogen-bond acceptors (Lipinski definition) is 4. The number of thioether (sulfide) groups is 1. The van der Waals surface area contributed by atoms with Crippen molar-refractivity contribution in [3.05, 3.63) is 0 Å². The predicted molar refractivity (Wildman–Crippen MR) is 84.2 cm³/mol. The molecule has 6 heteroatoms. The fourth-order valence-corrected chi connectivity index (χ4v) is 4.18. The molecule has 2 amide bonds. The maximum Gasteiger partial charge on any atom is 0.231 e. The van der Waals surface area contributed by atoms with Gasteiger partial charge in [-0.05, 0) is 12.8 Å². The molecule has 2 fully saturated rings. The largest absolute Gasteiger partial charge is 0.339 e. The van der Waals surface area contributed by atoms with Crippen molar-refractivity contribution in [2.24, 2.45) is 10.9 Å². The molecule has 0 unspecified atom stereocenters. The lowest BCUT2D eigenvalue weighted by molar-refractivity contribution is -0.130. The van der Waals surface area contributed by atoms with E-state index in [4.69, 9.17) is 0 Å². The average Bonchev–Trinajstić information content (AvgIpc) is 3.02. The first-order valence-corrected chi connectivity index (χ1v) is 9.00. The molecule has 0 aromatic heterocycles. The van der Waals surface area contributed by atoms with Crippen LogP contribution in [0.3, 0.4) is 0 Å². The minimum atomic E-state index is -0.204. The van der Waals surface area contributed by atoms with Crippen LogP contribution in [0.5, 0.6) is 0 Å². The third-order valence-electron chi connectivity index (χ3n) is 4.61. The summed E-state index contributed by atoms with van der Waals surface area (Å²) in [5, 5.41) is 3.59. The molecule has 2 aliphatic heterocycles. The lowest BCUT2D eigenvalue weighted by Crippen LogP contribution is -2.38. The molecule has 3 rings (SSSR count). The Bertz CT molecular complexity index is 444. The minimum absolute atomic E-state index is 0.0346. The van der Waals surface area contributed by atoms with E-state index in [9.17, 15) is 9.59 Å². The lowest BCUT2D eigenvalue weighted by atomic mass is 10.1. The second-order valence-corrected chi connectivity index (χ2v) is 7.20. The normalized spacial score (nSPS) is 27.6. The molecular weight excluding hydrogens is 286 g/mol.